The summed E-state index contributed by atoms with van der Waals surface area (Å²) in [4.78, 5) is 0. The third kappa shape index (κ3) is 4.66. The summed E-state index contributed by atoms with van der Waals surface area (Å²) in [5.41, 5.74) is 0. The quantitative estimate of drug-likeness (QED) is 0.668. The number of hydrogen-bond acceptors (Lipinski definition) is 1. The molecule has 1 N–H and O–H groups in total. The van der Waals surface area contributed by atoms with Crippen molar-refractivity contribution in [3.8, 4) is 0 Å². The zero-order valence-corrected chi connectivity index (χ0v) is 10.2. The minimum Gasteiger partial charge on any atom is -0.311 e. The molecule has 13 heavy (non-hydrogen) atoms. The van der Waals surface area contributed by atoms with Crippen molar-refractivity contribution in [3.05, 3.63) is 0 Å². The van der Waals surface area contributed by atoms with Crippen LogP contribution in [0.2, 0.25) is 0 Å². The Balaban J connectivity index is 4.03. The average molecular weight is 185 g/mol. The Hall–Kier alpha value is -0.0400. The summed E-state index contributed by atoms with van der Waals surface area (Å²) in [6.07, 6.45) is 2.47. The highest BCUT2D eigenvalue weighted by molar-refractivity contribution is 4.76. The van der Waals surface area contributed by atoms with Crippen molar-refractivity contribution in [2.45, 2.75) is 66.5 Å². The number of nitrogens with one attached hydrogen (secondary N) is 1. The molecular weight excluding hydrogens is 158 g/mol. The van der Waals surface area contributed by atoms with E-state index in [2.05, 4.69) is 46.9 Å². The van der Waals surface area contributed by atoms with Crippen LogP contribution in [0.4, 0.5) is 0 Å². The second kappa shape index (κ2) is 6.42. The molecule has 0 aromatic carbocycles. The van der Waals surface area contributed by atoms with E-state index in [-0.39, 0.29) is 0 Å². The summed E-state index contributed by atoms with van der Waals surface area (Å²) in [6.45, 7) is 13.7. The molecular formula is C12H27N. The fraction of sp³-hybridized carbons (Fsp3) is 1.00. The maximum Gasteiger partial charge on any atom is 0.00901 e. The molecule has 0 bridgehead atoms. The lowest BCUT2D eigenvalue weighted by atomic mass is 9.96. The predicted octanol–water partition coefficient (Wildman–Crippen LogP) is 3.45. The van der Waals surface area contributed by atoms with Crippen molar-refractivity contribution in [2.75, 3.05) is 0 Å². The van der Waals surface area contributed by atoms with Crippen LogP contribution in [0.5, 0.6) is 0 Å². The van der Waals surface area contributed by atoms with Gasteiger partial charge in [0.2, 0.25) is 0 Å². The molecule has 0 saturated carbocycles. The Morgan fingerprint density at radius 2 is 1.08 bits per heavy atom. The van der Waals surface area contributed by atoms with Gasteiger partial charge in [-0.15, -0.1) is 0 Å². The summed E-state index contributed by atoms with van der Waals surface area (Å²) < 4.78 is 0. The maximum atomic E-state index is 3.75. The van der Waals surface area contributed by atoms with Crippen LogP contribution in [0.3, 0.4) is 0 Å². The van der Waals surface area contributed by atoms with E-state index in [1.54, 1.807) is 0 Å². The highest BCUT2D eigenvalue weighted by Crippen LogP contribution is 2.12. The van der Waals surface area contributed by atoms with Crippen LogP contribution in [-0.4, -0.2) is 12.1 Å². The molecule has 0 aliphatic rings. The molecule has 2 unspecified atom stereocenters. The second-order valence-corrected chi connectivity index (χ2v) is 4.68. The molecule has 0 aliphatic heterocycles. The SMILES string of the molecule is CCC(NC(CC)C(C)C)C(C)C. The lowest BCUT2D eigenvalue weighted by Crippen LogP contribution is -2.43. The highest BCUT2D eigenvalue weighted by atomic mass is 15.0. The zero-order valence-electron chi connectivity index (χ0n) is 10.2. The molecule has 1 nitrogen and oxygen atoms in total. The summed E-state index contributed by atoms with van der Waals surface area (Å²) in [5.74, 6) is 1.50. The predicted molar refractivity (Wildman–Crippen MR) is 61.0 cm³/mol. The number of hydrogen-bond donors (Lipinski definition) is 1. The van der Waals surface area contributed by atoms with Gasteiger partial charge in [0.25, 0.3) is 0 Å². The lowest BCUT2D eigenvalue weighted by Gasteiger charge is -2.29. The molecule has 0 heterocycles. The van der Waals surface area contributed by atoms with Crippen LogP contribution in [0.25, 0.3) is 0 Å². The Kier molecular flexibility index (Phi) is 6.40. The van der Waals surface area contributed by atoms with Crippen molar-refractivity contribution in [3.63, 3.8) is 0 Å². The van der Waals surface area contributed by atoms with Gasteiger partial charge in [-0.05, 0) is 24.7 Å². The first kappa shape index (κ1) is 13.0. The van der Waals surface area contributed by atoms with Crippen molar-refractivity contribution in [1.82, 2.24) is 5.32 Å². The Labute approximate surface area is 84.3 Å². The van der Waals surface area contributed by atoms with E-state index in [4.69, 9.17) is 0 Å². The number of rotatable bonds is 6. The average Bonchev–Trinajstić information content (AvgIpc) is 2.05. The van der Waals surface area contributed by atoms with Crippen LogP contribution in [0, 0.1) is 11.8 Å². The van der Waals surface area contributed by atoms with E-state index in [0.29, 0.717) is 12.1 Å². The molecule has 0 radical (unpaired) electrons. The monoisotopic (exact) mass is 185 g/mol. The topological polar surface area (TPSA) is 12.0 Å². The standard InChI is InChI=1S/C12H27N/c1-7-11(9(3)4)13-12(8-2)10(5)6/h9-13H,7-8H2,1-6H3. The van der Waals surface area contributed by atoms with Gasteiger partial charge in [0.05, 0.1) is 0 Å². The molecule has 0 aromatic rings. The van der Waals surface area contributed by atoms with E-state index in [1.807, 2.05) is 0 Å². The highest BCUT2D eigenvalue weighted by Gasteiger charge is 2.17. The molecule has 0 saturated heterocycles. The van der Waals surface area contributed by atoms with Gasteiger partial charge in [-0.25, -0.2) is 0 Å². The van der Waals surface area contributed by atoms with Gasteiger partial charge in [-0.3, -0.25) is 0 Å². The fourth-order valence-electron chi connectivity index (χ4n) is 1.84. The third-order valence-electron chi connectivity index (χ3n) is 2.92. The molecule has 0 aliphatic carbocycles. The molecule has 80 valence electrons. The van der Waals surface area contributed by atoms with Crippen molar-refractivity contribution >= 4 is 0 Å². The van der Waals surface area contributed by atoms with Crippen molar-refractivity contribution in [1.29, 1.82) is 0 Å². The maximum absolute atomic E-state index is 3.75. The summed E-state index contributed by atoms with van der Waals surface area (Å²) in [6, 6.07) is 1.37. The summed E-state index contributed by atoms with van der Waals surface area (Å²) >= 11 is 0. The van der Waals surface area contributed by atoms with Gasteiger partial charge < -0.3 is 5.32 Å². The first-order chi connectivity index (χ1) is 6.02. The van der Waals surface area contributed by atoms with Crippen molar-refractivity contribution in [2.24, 2.45) is 11.8 Å². The molecule has 0 rings (SSSR count). The smallest absolute Gasteiger partial charge is 0.00901 e. The molecule has 0 aromatic heterocycles. The van der Waals surface area contributed by atoms with E-state index >= 15 is 0 Å². The first-order valence-electron chi connectivity index (χ1n) is 5.78. The molecule has 0 amide bonds. The largest absolute Gasteiger partial charge is 0.311 e. The van der Waals surface area contributed by atoms with Crippen LogP contribution in [0.15, 0.2) is 0 Å². The minimum absolute atomic E-state index is 0.687. The Morgan fingerprint density at radius 3 is 1.23 bits per heavy atom. The second-order valence-electron chi connectivity index (χ2n) is 4.68. The zero-order chi connectivity index (χ0) is 10.4. The first-order valence-corrected chi connectivity index (χ1v) is 5.78. The van der Waals surface area contributed by atoms with Crippen LogP contribution in [-0.2, 0) is 0 Å². The Morgan fingerprint density at radius 1 is 0.769 bits per heavy atom. The van der Waals surface area contributed by atoms with Gasteiger partial charge in [0, 0.05) is 12.1 Å². The molecule has 0 fully saturated rings. The van der Waals surface area contributed by atoms with E-state index < -0.39 is 0 Å². The van der Waals surface area contributed by atoms with E-state index in [1.165, 1.54) is 12.8 Å². The van der Waals surface area contributed by atoms with E-state index in [9.17, 15) is 0 Å². The molecule has 2 atom stereocenters. The van der Waals surface area contributed by atoms with Crippen LogP contribution < -0.4 is 5.32 Å². The summed E-state index contributed by atoms with van der Waals surface area (Å²) in [7, 11) is 0. The lowest BCUT2D eigenvalue weighted by molar-refractivity contribution is 0.293. The Bertz CT molecular complexity index is 104. The van der Waals surface area contributed by atoms with Crippen molar-refractivity contribution < 1.29 is 0 Å². The normalized spacial score (nSPS) is 16.6. The third-order valence-corrected chi connectivity index (χ3v) is 2.92. The van der Waals surface area contributed by atoms with Gasteiger partial charge in [0.1, 0.15) is 0 Å². The van der Waals surface area contributed by atoms with Gasteiger partial charge in [0.15, 0.2) is 0 Å². The molecule has 1 heteroatoms. The van der Waals surface area contributed by atoms with E-state index in [0.717, 1.165) is 11.8 Å². The summed E-state index contributed by atoms with van der Waals surface area (Å²) in [5, 5.41) is 3.75. The minimum atomic E-state index is 0.687. The van der Waals surface area contributed by atoms with Gasteiger partial charge in [-0.2, -0.15) is 0 Å². The molecule has 0 spiro atoms. The van der Waals surface area contributed by atoms with Crippen LogP contribution >= 0.6 is 0 Å². The fourth-order valence-corrected chi connectivity index (χ4v) is 1.84. The van der Waals surface area contributed by atoms with Crippen LogP contribution in [0.1, 0.15) is 54.4 Å². The van der Waals surface area contributed by atoms with Gasteiger partial charge in [-0.1, -0.05) is 41.5 Å². The van der Waals surface area contributed by atoms with Gasteiger partial charge >= 0.3 is 0 Å².